The molecule has 0 aromatic carbocycles. The summed E-state index contributed by atoms with van der Waals surface area (Å²) in [7, 11) is 0. The van der Waals surface area contributed by atoms with Crippen LogP contribution in [-0.4, -0.2) is 16.1 Å². The molecule has 0 aliphatic rings. The van der Waals surface area contributed by atoms with Gasteiger partial charge in [0, 0.05) is 11.8 Å². The van der Waals surface area contributed by atoms with Gasteiger partial charge < -0.3 is 5.11 Å². The van der Waals surface area contributed by atoms with Crippen LogP contribution in [0.5, 0.6) is 0 Å². The second-order valence-corrected chi connectivity index (χ2v) is 3.98. The van der Waals surface area contributed by atoms with Gasteiger partial charge in [-0.05, 0) is 0 Å². The van der Waals surface area contributed by atoms with Gasteiger partial charge in [0.1, 0.15) is 0 Å². The third-order valence-electron chi connectivity index (χ3n) is 1.46. The lowest BCUT2D eigenvalue weighted by Gasteiger charge is -2.01. The first-order valence-corrected chi connectivity index (χ1v) is 4.68. The SMILES string of the molecule is CC(Cc1csc(Cl)n1)C(=O)O. The zero-order valence-corrected chi connectivity index (χ0v) is 8.02. The van der Waals surface area contributed by atoms with E-state index in [1.807, 2.05) is 0 Å². The van der Waals surface area contributed by atoms with Gasteiger partial charge in [0.25, 0.3) is 0 Å². The Balaban J connectivity index is 2.58. The summed E-state index contributed by atoms with van der Waals surface area (Å²) in [6.45, 7) is 1.65. The molecule has 0 bridgehead atoms. The number of rotatable bonds is 3. The van der Waals surface area contributed by atoms with Crippen LogP contribution in [0.15, 0.2) is 5.38 Å². The van der Waals surface area contributed by atoms with Crippen molar-refractivity contribution in [3.63, 3.8) is 0 Å². The van der Waals surface area contributed by atoms with Crippen LogP contribution in [0.1, 0.15) is 12.6 Å². The highest BCUT2D eigenvalue weighted by atomic mass is 35.5. The number of aliphatic carboxylic acids is 1. The topological polar surface area (TPSA) is 50.2 Å². The lowest BCUT2D eigenvalue weighted by molar-refractivity contribution is -0.141. The largest absolute Gasteiger partial charge is 0.481 e. The summed E-state index contributed by atoms with van der Waals surface area (Å²) in [5.74, 6) is -1.21. The molecule has 0 saturated carbocycles. The monoisotopic (exact) mass is 205 g/mol. The Morgan fingerprint density at radius 2 is 2.58 bits per heavy atom. The maximum Gasteiger partial charge on any atom is 0.306 e. The van der Waals surface area contributed by atoms with E-state index in [9.17, 15) is 4.79 Å². The smallest absolute Gasteiger partial charge is 0.306 e. The second kappa shape index (κ2) is 3.87. The number of hydrogen-bond acceptors (Lipinski definition) is 3. The summed E-state index contributed by atoms with van der Waals surface area (Å²) in [5.41, 5.74) is 0.750. The van der Waals surface area contributed by atoms with Gasteiger partial charge in [0.05, 0.1) is 11.6 Å². The standard InChI is InChI=1S/C7H8ClNO2S/c1-4(6(10)11)2-5-3-12-7(8)9-5/h3-4H,2H2,1H3,(H,10,11). The summed E-state index contributed by atoms with van der Waals surface area (Å²) in [4.78, 5) is 14.4. The van der Waals surface area contributed by atoms with Crippen LogP contribution >= 0.6 is 22.9 Å². The molecule has 1 unspecified atom stereocenters. The molecule has 12 heavy (non-hydrogen) atoms. The van der Waals surface area contributed by atoms with Crippen LogP contribution < -0.4 is 0 Å². The fourth-order valence-electron chi connectivity index (χ4n) is 0.777. The Morgan fingerprint density at radius 3 is 3.00 bits per heavy atom. The van der Waals surface area contributed by atoms with Gasteiger partial charge in [0.15, 0.2) is 4.47 Å². The fourth-order valence-corrected chi connectivity index (χ4v) is 1.57. The average Bonchev–Trinajstić information content (AvgIpc) is 2.35. The first-order chi connectivity index (χ1) is 5.59. The lowest BCUT2D eigenvalue weighted by atomic mass is 10.1. The molecule has 0 aliphatic carbocycles. The molecule has 0 saturated heterocycles. The van der Waals surface area contributed by atoms with Crippen LogP contribution in [0.2, 0.25) is 4.47 Å². The molecular formula is C7H8ClNO2S. The number of halogens is 1. The van der Waals surface area contributed by atoms with Gasteiger partial charge in [-0.2, -0.15) is 0 Å². The van der Waals surface area contributed by atoms with Gasteiger partial charge in [-0.25, -0.2) is 4.98 Å². The Hall–Kier alpha value is -0.610. The van der Waals surface area contributed by atoms with Crippen LogP contribution in [-0.2, 0) is 11.2 Å². The van der Waals surface area contributed by atoms with E-state index in [1.165, 1.54) is 11.3 Å². The van der Waals surface area contributed by atoms with Crippen molar-refractivity contribution in [2.75, 3.05) is 0 Å². The predicted octanol–water partition coefficient (Wildman–Crippen LogP) is 2.06. The molecule has 1 N–H and O–H groups in total. The zero-order chi connectivity index (χ0) is 9.14. The molecule has 0 aliphatic heterocycles. The molecule has 1 aromatic rings. The van der Waals surface area contributed by atoms with E-state index in [2.05, 4.69) is 4.98 Å². The van der Waals surface area contributed by atoms with Crippen molar-refractivity contribution in [3.8, 4) is 0 Å². The Bertz CT molecular complexity index is 287. The molecule has 66 valence electrons. The Labute approximate surface area is 79.0 Å². The highest BCUT2D eigenvalue weighted by molar-refractivity contribution is 7.13. The molecule has 5 heteroatoms. The zero-order valence-electron chi connectivity index (χ0n) is 6.45. The number of nitrogens with zero attached hydrogens (tertiary/aromatic N) is 1. The maximum absolute atomic E-state index is 10.5. The van der Waals surface area contributed by atoms with Crippen LogP contribution in [0.3, 0.4) is 0 Å². The van der Waals surface area contributed by atoms with Crippen molar-refractivity contribution in [1.82, 2.24) is 4.98 Å². The average molecular weight is 206 g/mol. The van der Waals surface area contributed by atoms with Crippen molar-refractivity contribution < 1.29 is 9.90 Å². The summed E-state index contributed by atoms with van der Waals surface area (Å²) in [6.07, 6.45) is 0.443. The fraction of sp³-hybridized carbons (Fsp3) is 0.429. The van der Waals surface area contributed by atoms with E-state index >= 15 is 0 Å². The number of carbonyl (C=O) groups is 1. The quantitative estimate of drug-likeness (QED) is 0.822. The highest BCUT2D eigenvalue weighted by Crippen LogP contribution is 2.17. The maximum atomic E-state index is 10.5. The number of aromatic nitrogens is 1. The minimum atomic E-state index is -0.806. The molecule has 1 aromatic heterocycles. The Morgan fingerprint density at radius 1 is 1.92 bits per heavy atom. The van der Waals surface area contributed by atoms with Crippen molar-refractivity contribution in [2.24, 2.45) is 5.92 Å². The molecule has 1 rings (SSSR count). The van der Waals surface area contributed by atoms with E-state index in [0.29, 0.717) is 10.9 Å². The third kappa shape index (κ3) is 2.46. The van der Waals surface area contributed by atoms with Gasteiger partial charge in [0.2, 0.25) is 0 Å². The third-order valence-corrected chi connectivity index (χ3v) is 2.49. The number of carboxylic acid groups (broad SMARTS) is 1. The van der Waals surface area contributed by atoms with E-state index in [0.717, 1.165) is 5.69 Å². The number of hydrogen-bond donors (Lipinski definition) is 1. The molecule has 0 spiro atoms. The predicted molar refractivity (Wildman–Crippen MR) is 47.6 cm³/mol. The summed E-state index contributed by atoms with van der Waals surface area (Å²) < 4.78 is 0.461. The Kier molecular flexibility index (Phi) is 3.05. The van der Waals surface area contributed by atoms with Crippen molar-refractivity contribution in [2.45, 2.75) is 13.3 Å². The van der Waals surface area contributed by atoms with Crippen LogP contribution in [0, 0.1) is 5.92 Å². The van der Waals surface area contributed by atoms with Crippen LogP contribution in [0.25, 0.3) is 0 Å². The van der Waals surface area contributed by atoms with E-state index in [-0.39, 0.29) is 0 Å². The molecule has 1 heterocycles. The molecule has 0 fully saturated rings. The minimum Gasteiger partial charge on any atom is -0.481 e. The van der Waals surface area contributed by atoms with Crippen molar-refractivity contribution in [1.29, 1.82) is 0 Å². The van der Waals surface area contributed by atoms with E-state index < -0.39 is 11.9 Å². The highest BCUT2D eigenvalue weighted by Gasteiger charge is 2.13. The van der Waals surface area contributed by atoms with Gasteiger partial charge in [-0.3, -0.25) is 4.79 Å². The molecule has 1 atom stereocenters. The van der Waals surface area contributed by atoms with Crippen LogP contribution in [0.4, 0.5) is 0 Å². The molecule has 0 amide bonds. The first-order valence-electron chi connectivity index (χ1n) is 3.42. The van der Waals surface area contributed by atoms with E-state index in [1.54, 1.807) is 12.3 Å². The molecule has 0 radical (unpaired) electrons. The molecule has 3 nitrogen and oxygen atoms in total. The summed E-state index contributed by atoms with van der Waals surface area (Å²) >= 11 is 6.90. The van der Waals surface area contributed by atoms with Gasteiger partial charge >= 0.3 is 5.97 Å². The van der Waals surface area contributed by atoms with E-state index in [4.69, 9.17) is 16.7 Å². The number of carboxylic acids is 1. The number of thiazole rings is 1. The lowest BCUT2D eigenvalue weighted by Crippen LogP contribution is -2.12. The van der Waals surface area contributed by atoms with Crippen molar-refractivity contribution >= 4 is 28.9 Å². The second-order valence-electron chi connectivity index (χ2n) is 2.54. The summed E-state index contributed by atoms with van der Waals surface area (Å²) in [6, 6.07) is 0. The van der Waals surface area contributed by atoms with Gasteiger partial charge in [-0.15, -0.1) is 11.3 Å². The van der Waals surface area contributed by atoms with Gasteiger partial charge in [-0.1, -0.05) is 18.5 Å². The van der Waals surface area contributed by atoms with Crippen molar-refractivity contribution in [3.05, 3.63) is 15.5 Å². The summed E-state index contributed by atoms with van der Waals surface area (Å²) in [5, 5.41) is 10.4. The normalized spacial score (nSPS) is 12.8. The molecular weight excluding hydrogens is 198 g/mol. The minimum absolute atomic E-state index is 0.400. The first kappa shape index (κ1) is 9.48.